The number of guanidine groups is 1. The standard InChI is InChI=1S/C28H32N6O3/c1-17(2)31-26-30-14-22(24(16-35)33(26)7)23-11-10-19(18(3)32-23)13-20-15-34(27(36)37-28(4,5)6)25-21(20)9-8-12-29-25/h8-12,14-15,17H,13H2,1-7H3,(H,30,31). The summed E-state index contributed by atoms with van der Waals surface area (Å²) in [6.07, 6.45) is 5.26. The van der Waals surface area contributed by atoms with E-state index in [1.54, 1.807) is 30.5 Å². The van der Waals surface area contributed by atoms with Gasteiger partial charge in [-0.25, -0.2) is 24.1 Å². The van der Waals surface area contributed by atoms with Gasteiger partial charge in [0.1, 0.15) is 16.9 Å². The highest BCUT2D eigenvalue weighted by atomic mass is 16.6. The first-order chi connectivity index (χ1) is 17.5. The number of allylic oxidation sites excluding steroid dienone is 1. The minimum absolute atomic E-state index is 0.0731. The van der Waals surface area contributed by atoms with Gasteiger partial charge in [-0.05, 0) is 70.9 Å². The molecule has 0 amide bonds. The molecule has 0 aromatic carbocycles. The molecule has 37 heavy (non-hydrogen) atoms. The van der Waals surface area contributed by atoms with Crippen LogP contribution in [0.2, 0.25) is 0 Å². The Kier molecular flexibility index (Phi) is 7.01. The third-order valence-electron chi connectivity index (χ3n) is 5.82. The molecule has 0 saturated heterocycles. The molecule has 0 spiro atoms. The summed E-state index contributed by atoms with van der Waals surface area (Å²) in [7, 11) is 1.77. The molecule has 4 heterocycles. The van der Waals surface area contributed by atoms with Crippen molar-refractivity contribution in [1.82, 2.24) is 24.8 Å². The van der Waals surface area contributed by atoms with E-state index in [1.165, 1.54) is 4.57 Å². The van der Waals surface area contributed by atoms with Crippen LogP contribution >= 0.6 is 0 Å². The number of carbonyl (C=O) groups is 1. The zero-order valence-corrected chi connectivity index (χ0v) is 22.3. The molecule has 0 unspecified atom stereocenters. The highest BCUT2D eigenvalue weighted by molar-refractivity contribution is 5.98. The van der Waals surface area contributed by atoms with Crippen molar-refractivity contribution in [3.63, 3.8) is 0 Å². The average molecular weight is 501 g/mol. The number of fused-ring (bicyclic) bond motifs is 1. The Labute approximate surface area is 216 Å². The van der Waals surface area contributed by atoms with Crippen LogP contribution in [0.15, 0.2) is 53.5 Å². The minimum atomic E-state index is -0.619. The molecule has 0 fully saturated rings. The number of aliphatic imine (C=N–C) groups is 1. The maximum Gasteiger partial charge on any atom is 0.420 e. The molecule has 1 aliphatic heterocycles. The van der Waals surface area contributed by atoms with Crippen molar-refractivity contribution in [2.45, 2.75) is 59.6 Å². The molecule has 0 atom stereocenters. The fourth-order valence-electron chi connectivity index (χ4n) is 4.12. The van der Waals surface area contributed by atoms with Gasteiger partial charge in [-0.3, -0.25) is 4.98 Å². The van der Waals surface area contributed by atoms with Gasteiger partial charge in [-0.1, -0.05) is 6.07 Å². The lowest BCUT2D eigenvalue weighted by atomic mass is 10.0. The lowest BCUT2D eigenvalue weighted by Gasteiger charge is -2.28. The van der Waals surface area contributed by atoms with Gasteiger partial charge in [0.2, 0.25) is 5.96 Å². The molecule has 3 aromatic heterocycles. The van der Waals surface area contributed by atoms with Gasteiger partial charge in [0, 0.05) is 49.2 Å². The Hall–Kier alpha value is -4.23. The highest BCUT2D eigenvalue weighted by Gasteiger charge is 2.25. The topological polar surface area (TPSA) is 102 Å². The number of ether oxygens (including phenoxy) is 1. The van der Waals surface area contributed by atoms with Crippen molar-refractivity contribution in [2.24, 2.45) is 4.99 Å². The fraction of sp³-hybridized carbons (Fsp3) is 0.357. The van der Waals surface area contributed by atoms with Gasteiger partial charge in [-0.2, -0.15) is 0 Å². The molecule has 1 N–H and O–H groups in total. The lowest BCUT2D eigenvalue weighted by Crippen LogP contribution is -2.40. The molecule has 4 rings (SSSR count). The molecule has 192 valence electrons. The molecule has 0 aliphatic carbocycles. The number of likely N-dealkylation sites (N-methyl/N-ethyl adjacent to an activating group) is 1. The molecule has 9 heteroatoms. The van der Waals surface area contributed by atoms with Crippen LogP contribution in [0.1, 0.15) is 57.1 Å². The number of carbonyl (C=O) groups excluding carboxylic acids is 2. The highest BCUT2D eigenvalue weighted by Crippen LogP contribution is 2.28. The summed E-state index contributed by atoms with van der Waals surface area (Å²) >= 11 is 0. The molecule has 0 radical (unpaired) electrons. The van der Waals surface area contributed by atoms with Crippen molar-refractivity contribution in [3.05, 3.63) is 71.1 Å². The maximum absolute atomic E-state index is 12.8. The van der Waals surface area contributed by atoms with E-state index in [4.69, 9.17) is 9.72 Å². The second-order valence-electron chi connectivity index (χ2n) is 10.3. The van der Waals surface area contributed by atoms with Gasteiger partial charge in [-0.15, -0.1) is 0 Å². The summed E-state index contributed by atoms with van der Waals surface area (Å²) in [5, 5.41) is 4.03. The van der Waals surface area contributed by atoms with E-state index in [0.717, 1.165) is 22.2 Å². The zero-order valence-electron chi connectivity index (χ0n) is 22.3. The monoisotopic (exact) mass is 500 g/mol. The number of aryl methyl sites for hydroxylation is 1. The Morgan fingerprint density at radius 2 is 1.97 bits per heavy atom. The van der Waals surface area contributed by atoms with E-state index >= 15 is 0 Å². The average Bonchev–Trinajstić information content (AvgIpc) is 3.19. The fourth-order valence-corrected chi connectivity index (χ4v) is 4.12. The van der Waals surface area contributed by atoms with Crippen molar-refractivity contribution < 1.29 is 14.3 Å². The molecule has 1 aliphatic rings. The molecule has 0 bridgehead atoms. The Morgan fingerprint density at radius 1 is 1.22 bits per heavy atom. The summed E-state index contributed by atoms with van der Waals surface area (Å²) in [6.45, 7) is 11.4. The third-order valence-corrected chi connectivity index (χ3v) is 5.82. The maximum atomic E-state index is 12.8. The van der Waals surface area contributed by atoms with E-state index in [1.807, 2.05) is 71.7 Å². The number of aromatic nitrogens is 3. The zero-order chi connectivity index (χ0) is 26.9. The summed E-state index contributed by atoms with van der Waals surface area (Å²) in [4.78, 5) is 40.1. The molecule has 0 saturated carbocycles. The smallest absolute Gasteiger partial charge is 0.420 e. The van der Waals surface area contributed by atoms with Crippen LogP contribution in [0.25, 0.3) is 16.6 Å². The number of pyridine rings is 2. The van der Waals surface area contributed by atoms with Gasteiger partial charge in [0.15, 0.2) is 5.94 Å². The third kappa shape index (κ3) is 5.47. The SMILES string of the molecule is Cc1nc(C2=CNC(=NC(C)C)N(C)C2=C=O)ccc1Cc1cn(C(=O)OC(C)(C)C)c2ncccc12. The Morgan fingerprint density at radius 3 is 2.62 bits per heavy atom. The Balaban J connectivity index is 1.66. The van der Waals surface area contributed by atoms with E-state index in [-0.39, 0.29) is 6.04 Å². The van der Waals surface area contributed by atoms with E-state index in [2.05, 4.69) is 15.3 Å². The van der Waals surface area contributed by atoms with Gasteiger partial charge >= 0.3 is 6.09 Å². The van der Waals surface area contributed by atoms with E-state index in [9.17, 15) is 9.59 Å². The molecular formula is C28H32N6O3. The van der Waals surface area contributed by atoms with Gasteiger partial charge < -0.3 is 15.0 Å². The van der Waals surface area contributed by atoms with Crippen LogP contribution in [0.5, 0.6) is 0 Å². The van der Waals surface area contributed by atoms with Crippen molar-refractivity contribution in [2.75, 3.05) is 7.05 Å². The number of hydrogen-bond donors (Lipinski definition) is 1. The predicted molar refractivity (Wildman–Crippen MR) is 144 cm³/mol. The predicted octanol–water partition coefficient (Wildman–Crippen LogP) is 4.47. The first-order valence-corrected chi connectivity index (χ1v) is 12.2. The normalized spacial score (nSPS) is 15.1. The van der Waals surface area contributed by atoms with Crippen LogP contribution in [0.4, 0.5) is 4.79 Å². The lowest BCUT2D eigenvalue weighted by molar-refractivity contribution is 0.0543. The van der Waals surface area contributed by atoms with Crippen LogP contribution in [0, 0.1) is 6.92 Å². The van der Waals surface area contributed by atoms with Crippen LogP contribution in [0.3, 0.4) is 0 Å². The summed E-state index contributed by atoms with van der Waals surface area (Å²) < 4.78 is 7.03. The van der Waals surface area contributed by atoms with Crippen LogP contribution in [-0.2, 0) is 16.0 Å². The largest absolute Gasteiger partial charge is 0.443 e. The van der Waals surface area contributed by atoms with Crippen molar-refractivity contribution >= 4 is 34.6 Å². The first-order valence-electron chi connectivity index (χ1n) is 12.2. The Bertz CT molecular complexity index is 1470. The summed E-state index contributed by atoms with van der Waals surface area (Å²) in [5.41, 5.74) is 4.34. The van der Waals surface area contributed by atoms with Crippen LogP contribution < -0.4 is 5.32 Å². The number of nitrogens with one attached hydrogen (secondary N) is 1. The van der Waals surface area contributed by atoms with Gasteiger partial charge in [0.05, 0.1) is 11.3 Å². The summed E-state index contributed by atoms with van der Waals surface area (Å²) in [5.74, 6) is 2.62. The number of hydrogen-bond acceptors (Lipinski definition) is 6. The van der Waals surface area contributed by atoms with E-state index in [0.29, 0.717) is 35.0 Å². The van der Waals surface area contributed by atoms with Crippen LogP contribution in [-0.4, -0.2) is 56.1 Å². The summed E-state index contributed by atoms with van der Waals surface area (Å²) in [6, 6.07) is 7.75. The van der Waals surface area contributed by atoms with Gasteiger partial charge in [0.25, 0.3) is 0 Å². The molecular weight excluding hydrogens is 468 g/mol. The quantitative estimate of drug-likeness (QED) is 0.528. The van der Waals surface area contributed by atoms with E-state index < -0.39 is 11.7 Å². The second kappa shape index (κ2) is 10.0. The van der Waals surface area contributed by atoms with Crippen molar-refractivity contribution in [1.29, 1.82) is 0 Å². The minimum Gasteiger partial charge on any atom is -0.443 e. The first kappa shape index (κ1) is 25.9. The molecule has 3 aromatic rings. The molecule has 9 nitrogen and oxygen atoms in total. The number of nitrogens with zero attached hydrogens (tertiary/aromatic N) is 5. The second-order valence-corrected chi connectivity index (χ2v) is 10.3. The number of rotatable bonds is 4. The van der Waals surface area contributed by atoms with Crippen molar-refractivity contribution in [3.8, 4) is 0 Å².